The molecule has 7 nitrogen and oxygen atoms in total. The zero-order valence-corrected chi connectivity index (χ0v) is 23.3. The number of carbonyl (C=O) groups excluding carboxylic acids is 3. The number of ether oxygens (including phenoxy) is 1. The largest absolute Gasteiger partial charge is 0.361 e. The molecule has 3 aliphatic heterocycles. The van der Waals surface area contributed by atoms with E-state index in [0.717, 1.165) is 43.2 Å². The Morgan fingerprint density at radius 3 is 2.80 bits per heavy atom. The van der Waals surface area contributed by atoms with E-state index in [-0.39, 0.29) is 29.6 Å². The van der Waals surface area contributed by atoms with Crippen molar-refractivity contribution in [1.82, 2.24) is 15.2 Å². The summed E-state index contributed by atoms with van der Waals surface area (Å²) in [6.45, 7) is 2.39. The third-order valence-electron chi connectivity index (χ3n) is 10.4. The maximum atomic E-state index is 14.1. The first-order chi connectivity index (χ1) is 19.9. The van der Waals surface area contributed by atoms with Crippen LogP contribution < -0.4 is 5.32 Å². The van der Waals surface area contributed by atoms with Crippen LogP contribution in [0.1, 0.15) is 49.3 Å². The topological polar surface area (TPSA) is 91.5 Å². The highest BCUT2D eigenvalue weighted by molar-refractivity contribution is 6.01. The summed E-state index contributed by atoms with van der Waals surface area (Å²) in [4.78, 5) is 47.0. The van der Waals surface area contributed by atoms with E-state index < -0.39 is 23.7 Å². The lowest BCUT2D eigenvalue weighted by Gasteiger charge is -2.41. The number of ketones is 1. The lowest BCUT2D eigenvalue weighted by Crippen LogP contribution is -2.57. The Morgan fingerprint density at radius 1 is 1.10 bits per heavy atom. The summed E-state index contributed by atoms with van der Waals surface area (Å²) in [7, 11) is 0. The SMILES string of the molecule is C[C@@]1(NC(=O)[C@@H]2C=C3c4cccc5[nH]cc(c45)C[C@H]3CC2)OC2C(C1=O)[C@@H](Cc1ccccc1)C(=O)N1CCCC21. The highest BCUT2D eigenvalue weighted by atomic mass is 16.5. The fraction of sp³-hybridized carbons (Fsp3) is 0.441. The van der Waals surface area contributed by atoms with Gasteiger partial charge in [-0.05, 0) is 79.7 Å². The van der Waals surface area contributed by atoms with E-state index in [0.29, 0.717) is 18.9 Å². The van der Waals surface area contributed by atoms with Crippen LogP contribution >= 0.6 is 0 Å². The van der Waals surface area contributed by atoms with Crippen LogP contribution in [0.5, 0.6) is 0 Å². The molecule has 3 aromatic rings. The van der Waals surface area contributed by atoms with Crippen LogP contribution in [0.3, 0.4) is 0 Å². The van der Waals surface area contributed by atoms with Crippen LogP contribution in [-0.4, -0.2) is 51.9 Å². The van der Waals surface area contributed by atoms with Crippen molar-refractivity contribution in [3.05, 3.63) is 77.5 Å². The minimum Gasteiger partial charge on any atom is -0.361 e. The molecule has 2 N–H and O–H groups in total. The molecular formula is C34H35N3O4. The Hall–Kier alpha value is -3.71. The summed E-state index contributed by atoms with van der Waals surface area (Å²) in [5, 5.41) is 4.31. The van der Waals surface area contributed by atoms with Crippen molar-refractivity contribution in [2.24, 2.45) is 23.7 Å². The van der Waals surface area contributed by atoms with Crippen LogP contribution in [0.25, 0.3) is 16.5 Å². The molecule has 4 heterocycles. The minimum absolute atomic E-state index is 0.0452. The predicted octanol–water partition coefficient (Wildman–Crippen LogP) is 4.41. The van der Waals surface area contributed by atoms with E-state index in [4.69, 9.17) is 4.74 Å². The summed E-state index contributed by atoms with van der Waals surface area (Å²) >= 11 is 0. The van der Waals surface area contributed by atoms with Crippen molar-refractivity contribution in [3.8, 4) is 0 Å². The molecule has 5 aliphatic rings. The number of aromatic nitrogens is 1. The zero-order chi connectivity index (χ0) is 27.9. The van der Waals surface area contributed by atoms with Crippen molar-refractivity contribution >= 4 is 34.1 Å². The maximum absolute atomic E-state index is 14.1. The van der Waals surface area contributed by atoms with Crippen molar-refractivity contribution < 1.29 is 19.1 Å². The van der Waals surface area contributed by atoms with Gasteiger partial charge in [-0.2, -0.15) is 0 Å². The third-order valence-corrected chi connectivity index (χ3v) is 10.4. The molecular weight excluding hydrogens is 514 g/mol. The highest BCUT2D eigenvalue weighted by Gasteiger charge is 2.63. The summed E-state index contributed by atoms with van der Waals surface area (Å²) in [6, 6.07) is 16.1. The summed E-state index contributed by atoms with van der Waals surface area (Å²) in [5.41, 5.74) is 4.51. The van der Waals surface area contributed by atoms with Crippen molar-refractivity contribution in [3.63, 3.8) is 0 Å². The number of amides is 2. The van der Waals surface area contributed by atoms with Gasteiger partial charge in [0.25, 0.3) is 0 Å². The molecule has 0 bridgehead atoms. The van der Waals surface area contributed by atoms with Crippen LogP contribution in [0.4, 0.5) is 0 Å². The number of rotatable bonds is 4. The third kappa shape index (κ3) is 3.78. The number of hydrogen-bond donors (Lipinski definition) is 2. The Kier molecular flexibility index (Phi) is 5.59. The average molecular weight is 550 g/mol. The quantitative estimate of drug-likeness (QED) is 0.504. The second-order valence-electron chi connectivity index (χ2n) is 12.8. The minimum atomic E-state index is -1.45. The number of carbonyl (C=O) groups is 3. The predicted molar refractivity (Wildman–Crippen MR) is 154 cm³/mol. The molecule has 8 rings (SSSR count). The molecule has 2 aromatic carbocycles. The van der Waals surface area contributed by atoms with E-state index >= 15 is 0 Å². The summed E-state index contributed by atoms with van der Waals surface area (Å²) in [5.74, 6) is -1.29. The molecule has 0 saturated carbocycles. The number of nitrogens with one attached hydrogen (secondary N) is 2. The normalized spacial score (nSPS) is 33.8. The van der Waals surface area contributed by atoms with Gasteiger partial charge in [-0.3, -0.25) is 14.4 Å². The van der Waals surface area contributed by atoms with E-state index in [1.54, 1.807) is 6.92 Å². The molecule has 7 atom stereocenters. The van der Waals surface area contributed by atoms with Crippen molar-refractivity contribution in [2.75, 3.05) is 6.54 Å². The number of nitrogens with zero attached hydrogens (tertiary/aromatic N) is 1. The molecule has 2 amide bonds. The average Bonchev–Trinajstić information content (AvgIpc) is 3.70. The van der Waals surface area contributed by atoms with E-state index in [1.165, 1.54) is 22.1 Å². The van der Waals surface area contributed by atoms with Crippen LogP contribution in [0, 0.1) is 23.7 Å². The van der Waals surface area contributed by atoms with Gasteiger partial charge in [0.1, 0.15) is 0 Å². The number of H-pyrrole nitrogens is 1. The smallest absolute Gasteiger partial charge is 0.229 e. The molecule has 3 fully saturated rings. The van der Waals surface area contributed by atoms with Gasteiger partial charge in [0, 0.05) is 23.6 Å². The lowest BCUT2D eigenvalue weighted by atomic mass is 9.72. The van der Waals surface area contributed by atoms with Gasteiger partial charge in [-0.1, -0.05) is 48.5 Å². The summed E-state index contributed by atoms with van der Waals surface area (Å²) < 4.78 is 6.55. The first kappa shape index (κ1) is 25.0. The van der Waals surface area contributed by atoms with Gasteiger partial charge in [-0.15, -0.1) is 0 Å². The van der Waals surface area contributed by atoms with Gasteiger partial charge in [0.2, 0.25) is 11.8 Å². The first-order valence-electron chi connectivity index (χ1n) is 15.1. The molecule has 3 unspecified atom stereocenters. The Balaban J connectivity index is 1.08. The number of hydrogen-bond acceptors (Lipinski definition) is 4. The fourth-order valence-corrected chi connectivity index (χ4v) is 8.50. The lowest BCUT2D eigenvalue weighted by molar-refractivity contribution is -0.156. The van der Waals surface area contributed by atoms with E-state index in [2.05, 4.69) is 40.8 Å². The fourth-order valence-electron chi connectivity index (χ4n) is 8.50. The Labute approximate surface area is 239 Å². The standard InChI is InChI=1S/C34H35N3O4/c1-34(36-32(39)21-13-12-20-16-22-18-35-26-10-5-9-23(28(22)26)24(20)17-21)31(38)29-25(15-19-7-3-2-4-8-19)33(40)37-14-6-11-27(37)30(29)41-34/h2-5,7-10,17-18,20-21,25,27,29-30,35H,6,11-16H2,1H3,(H,36,39)/t20-,21+,25-,27?,29?,30?,34-/m1/s1. The van der Waals surface area contributed by atoms with Crippen molar-refractivity contribution in [2.45, 2.75) is 63.3 Å². The highest BCUT2D eigenvalue weighted by Crippen LogP contribution is 2.47. The Morgan fingerprint density at radius 2 is 1.95 bits per heavy atom. The molecule has 0 spiro atoms. The molecule has 1 aromatic heterocycles. The number of Topliss-reactive ketones (excluding diaryl/α,β-unsaturated/α-hetero) is 1. The molecule has 2 aliphatic carbocycles. The summed E-state index contributed by atoms with van der Waals surface area (Å²) in [6.07, 6.45) is 8.71. The van der Waals surface area contributed by atoms with Crippen molar-refractivity contribution in [1.29, 1.82) is 0 Å². The van der Waals surface area contributed by atoms with E-state index in [1.807, 2.05) is 35.2 Å². The number of aromatic amines is 1. The number of allylic oxidation sites excluding steroid dienone is 1. The van der Waals surface area contributed by atoms with Gasteiger partial charge >= 0.3 is 0 Å². The van der Waals surface area contributed by atoms with Gasteiger partial charge in [0.05, 0.1) is 29.9 Å². The monoisotopic (exact) mass is 549 g/mol. The molecule has 0 radical (unpaired) electrons. The van der Waals surface area contributed by atoms with Gasteiger partial charge < -0.3 is 19.9 Å². The van der Waals surface area contributed by atoms with Crippen LogP contribution in [0.2, 0.25) is 0 Å². The first-order valence-corrected chi connectivity index (χ1v) is 15.1. The van der Waals surface area contributed by atoms with Crippen LogP contribution in [-0.2, 0) is 32.0 Å². The second-order valence-corrected chi connectivity index (χ2v) is 12.8. The molecule has 41 heavy (non-hydrogen) atoms. The van der Waals surface area contributed by atoms with Gasteiger partial charge in [0.15, 0.2) is 11.5 Å². The Bertz CT molecular complexity index is 1610. The van der Waals surface area contributed by atoms with Gasteiger partial charge in [-0.25, -0.2) is 0 Å². The van der Waals surface area contributed by atoms with Crippen LogP contribution in [0.15, 0.2) is 60.8 Å². The number of fused-ring (bicyclic) bond motifs is 5. The van der Waals surface area contributed by atoms with E-state index in [9.17, 15) is 14.4 Å². The molecule has 210 valence electrons. The molecule has 3 saturated heterocycles. The second kappa shape index (κ2) is 9.15. The number of piperidine rings is 1. The zero-order valence-electron chi connectivity index (χ0n) is 23.3. The number of benzene rings is 2. The maximum Gasteiger partial charge on any atom is 0.229 e. The molecule has 7 heteroatoms.